The molecule has 0 radical (unpaired) electrons. The van der Waals surface area contributed by atoms with Crippen LogP contribution in [0.25, 0.3) is 0 Å². The number of amides is 1. The third-order valence-electron chi connectivity index (χ3n) is 3.27. The number of carbonyl (C=O) groups is 1. The highest BCUT2D eigenvalue weighted by atomic mass is 16.6. The molecule has 1 aliphatic rings. The summed E-state index contributed by atoms with van der Waals surface area (Å²) in [6.07, 6.45) is 3.11. The highest BCUT2D eigenvalue weighted by molar-refractivity contribution is 5.95. The molecule has 0 spiro atoms. The third-order valence-corrected chi connectivity index (χ3v) is 3.27. The molecule has 1 aromatic carbocycles. The summed E-state index contributed by atoms with van der Waals surface area (Å²) in [5.74, 6) is 0.0191. The molecule has 0 bridgehead atoms. The van der Waals surface area contributed by atoms with Gasteiger partial charge in [0.15, 0.2) is 5.75 Å². The van der Waals surface area contributed by atoms with Crippen LogP contribution in [0.4, 0.5) is 5.69 Å². The van der Waals surface area contributed by atoms with Crippen molar-refractivity contribution in [3.05, 3.63) is 33.9 Å². The molecule has 0 saturated carbocycles. The number of likely N-dealkylation sites (tertiary alicyclic amines) is 1. The van der Waals surface area contributed by atoms with Gasteiger partial charge >= 0.3 is 5.69 Å². The first kappa shape index (κ1) is 13.3. The first-order valence-electron chi connectivity index (χ1n) is 6.25. The second-order valence-corrected chi connectivity index (χ2v) is 4.50. The Balaban J connectivity index is 2.26. The van der Waals surface area contributed by atoms with E-state index in [9.17, 15) is 14.9 Å². The van der Waals surface area contributed by atoms with Gasteiger partial charge in [-0.15, -0.1) is 0 Å². The number of hydrogen-bond acceptors (Lipinski definition) is 4. The normalized spacial score (nSPS) is 15.1. The summed E-state index contributed by atoms with van der Waals surface area (Å²) in [6.45, 7) is 1.44. The quantitative estimate of drug-likeness (QED) is 0.620. The molecule has 2 rings (SSSR count). The molecule has 0 N–H and O–H groups in total. The Morgan fingerprint density at radius 3 is 2.58 bits per heavy atom. The van der Waals surface area contributed by atoms with Crippen molar-refractivity contribution >= 4 is 11.6 Å². The lowest BCUT2D eigenvalue weighted by Gasteiger charge is -2.26. The molecule has 6 nitrogen and oxygen atoms in total. The van der Waals surface area contributed by atoms with Crippen LogP contribution in [0.15, 0.2) is 18.2 Å². The maximum absolute atomic E-state index is 12.2. The van der Waals surface area contributed by atoms with Crippen LogP contribution >= 0.6 is 0 Å². The number of ether oxygens (including phenoxy) is 1. The van der Waals surface area contributed by atoms with Crippen LogP contribution in [0.3, 0.4) is 0 Å². The summed E-state index contributed by atoms with van der Waals surface area (Å²) in [6, 6.07) is 4.33. The van der Waals surface area contributed by atoms with Crippen molar-refractivity contribution < 1.29 is 14.5 Å². The standard InChI is InChI=1S/C13H16N2O4/c1-19-12-6-5-10(9-11(12)15(17)18)13(16)14-7-3-2-4-8-14/h5-6,9H,2-4,7-8H2,1H3. The van der Waals surface area contributed by atoms with Crippen molar-refractivity contribution in [1.29, 1.82) is 0 Å². The van der Waals surface area contributed by atoms with Gasteiger partial charge in [0.1, 0.15) is 0 Å². The van der Waals surface area contributed by atoms with Gasteiger partial charge in [-0.1, -0.05) is 0 Å². The van der Waals surface area contributed by atoms with Gasteiger partial charge in [0.25, 0.3) is 5.91 Å². The van der Waals surface area contributed by atoms with Gasteiger partial charge in [-0.3, -0.25) is 14.9 Å². The lowest BCUT2D eigenvalue weighted by molar-refractivity contribution is -0.385. The molecular weight excluding hydrogens is 248 g/mol. The van der Waals surface area contributed by atoms with E-state index in [1.165, 1.54) is 19.2 Å². The minimum absolute atomic E-state index is 0.148. The lowest BCUT2D eigenvalue weighted by Crippen LogP contribution is -2.35. The molecule has 1 aliphatic heterocycles. The smallest absolute Gasteiger partial charge is 0.311 e. The van der Waals surface area contributed by atoms with E-state index in [0.29, 0.717) is 5.56 Å². The van der Waals surface area contributed by atoms with Gasteiger partial charge in [-0.2, -0.15) is 0 Å². The number of carbonyl (C=O) groups excluding carboxylic acids is 1. The molecule has 19 heavy (non-hydrogen) atoms. The van der Waals surface area contributed by atoms with Crippen molar-refractivity contribution in [2.24, 2.45) is 0 Å². The van der Waals surface area contributed by atoms with Crippen LogP contribution in [0.5, 0.6) is 5.75 Å². The maximum atomic E-state index is 12.2. The zero-order chi connectivity index (χ0) is 13.8. The Labute approximate surface area is 111 Å². The molecule has 1 saturated heterocycles. The zero-order valence-corrected chi connectivity index (χ0v) is 10.8. The molecule has 0 atom stereocenters. The number of nitrogens with zero attached hydrogens (tertiary/aromatic N) is 2. The van der Waals surface area contributed by atoms with Gasteiger partial charge < -0.3 is 9.64 Å². The minimum Gasteiger partial charge on any atom is -0.490 e. The summed E-state index contributed by atoms with van der Waals surface area (Å²) in [5.41, 5.74) is 0.166. The molecule has 1 heterocycles. The Bertz CT molecular complexity index is 495. The largest absolute Gasteiger partial charge is 0.490 e. The summed E-state index contributed by atoms with van der Waals surface area (Å²) in [4.78, 5) is 24.4. The van der Waals surface area contributed by atoms with Crippen molar-refractivity contribution in [3.63, 3.8) is 0 Å². The topological polar surface area (TPSA) is 72.7 Å². The fourth-order valence-corrected chi connectivity index (χ4v) is 2.25. The molecule has 0 aromatic heterocycles. The monoisotopic (exact) mass is 264 g/mol. The van der Waals surface area contributed by atoms with E-state index < -0.39 is 4.92 Å². The highest BCUT2D eigenvalue weighted by Crippen LogP contribution is 2.28. The van der Waals surface area contributed by atoms with Gasteiger partial charge in [0.05, 0.1) is 12.0 Å². The van der Waals surface area contributed by atoms with Crippen LogP contribution in [-0.4, -0.2) is 35.9 Å². The van der Waals surface area contributed by atoms with E-state index in [4.69, 9.17) is 4.74 Å². The van der Waals surface area contributed by atoms with Gasteiger partial charge in [-0.25, -0.2) is 0 Å². The van der Waals surface area contributed by atoms with Crippen LogP contribution < -0.4 is 4.74 Å². The Kier molecular flexibility index (Phi) is 3.99. The number of nitro groups is 1. The van der Waals surface area contributed by atoms with Crippen LogP contribution in [0, 0.1) is 10.1 Å². The number of hydrogen-bond donors (Lipinski definition) is 0. The molecule has 0 aliphatic carbocycles. The summed E-state index contributed by atoms with van der Waals surface area (Å²) in [5, 5.41) is 10.9. The van der Waals surface area contributed by atoms with Gasteiger partial charge in [0, 0.05) is 24.7 Å². The van der Waals surface area contributed by atoms with Gasteiger partial charge in [-0.05, 0) is 31.4 Å². The van der Waals surface area contributed by atoms with Crippen molar-refractivity contribution in [2.45, 2.75) is 19.3 Å². The fraction of sp³-hybridized carbons (Fsp3) is 0.462. The number of benzene rings is 1. The number of methoxy groups -OCH3 is 1. The van der Waals surface area contributed by atoms with E-state index in [0.717, 1.165) is 32.4 Å². The Morgan fingerprint density at radius 2 is 2.00 bits per heavy atom. The van der Waals surface area contributed by atoms with E-state index >= 15 is 0 Å². The summed E-state index contributed by atoms with van der Waals surface area (Å²) in [7, 11) is 1.37. The molecule has 0 unspecified atom stereocenters. The predicted octanol–water partition coefficient (Wildman–Crippen LogP) is 2.23. The molecule has 1 amide bonds. The van der Waals surface area contributed by atoms with E-state index in [1.807, 2.05) is 0 Å². The second kappa shape index (κ2) is 5.69. The number of piperidine rings is 1. The predicted molar refractivity (Wildman–Crippen MR) is 69.4 cm³/mol. The van der Waals surface area contributed by atoms with E-state index in [-0.39, 0.29) is 17.3 Å². The zero-order valence-electron chi connectivity index (χ0n) is 10.8. The first-order valence-corrected chi connectivity index (χ1v) is 6.25. The summed E-state index contributed by atoms with van der Waals surface area (Å²) < 4.78 is 4.92. The van der Waals surface area contributed by atoms with Crippen LogP contribution in [0.1, 0.15) is 29.6 Å². The first-order chi connectivity index (χ1) is 9.13. The van der Waals surface area contributed by atoms with Gasteiger partial charge in [0.2, 0.25) is 0 Å². The number of rotatable bonds is 3. The minimum atomic E-state index is -0.536. The second-order valence-electron chi connectivity index (χ2n) is 4.50. The van der Waals surface area contributed by atoms with Crippen LogP contribution in [-0.2, 0) is 0 Å². The molecular formula is C13H16N2O4. The maximum Gasteiger partial charge on any atom is 0.311 e. The highest BCUT2D eigenvalue weighted by Gasteiger charge is 2.22. The van der Waals surface area contributed by atoms with Crippen LogP contribution in [0.2, 0.25) is 0 Å². The lowest BCUT2D eigenvalue weighted by atomic mass is 10.1. The molecule has 6 heteroatoms. The van der Waals surface area contributed by atoms with E-state index in [2.05, 4.69) is 0 Å². The summed E-state index contributed by atoms with van der Waals surface area (Å²) >= 11 is 0. The Morgan fingerprint density at radius 1 is 1.32 bits per heavy atom. The van der Waals surface area contributed by atoms with Crippen molar-refractivity contribution in [2.75, 3.05) is 20.2 Å². The number of nitro benzene ring substituents is 1. The van der Waals surface area contributed by atoms with Crippen molar-refractivity contribution in [3.8, 4) is 5.75 Å². The molecule has 1 aromatic rings. The fourth-order valence-electron chi connectivity index (χ4n) is 2.25. The average Bonchev–Trinajstić information content (AvgIpc) is 2.46. The molecule has 102 valence electrons. The third kappa shape index (κ3) is 2.83. The van der Waals surface area contributed by atoms with Crippen molar-refractivity contribution in [1.82, 2.24) is 4.90 Å². The average molecular weight is 264 g/mol. The van der Waals surface area contributed by atoms with E-state index in [1.54, 1.807) is 11.0 Å². The SMILES string of the molecule is COc1ccc(C(=O)N2CCCCC2)cc1[N+](=O)[O-]. The molecule has 1 fully saturated rings. The Hall–Kier alpha value is -2.11.